The Labute approximate surface area is 93.7 Å². The highest BCUT2D eigenvalue weighted by molar-refractivity contribution is 5.92. The van der Waals surface area contributed by atoms with Gasteiger partial charge in [-0.1, -0.05) is 0 Å². The minimum Gasteiger partial charge on any atom is -0.335 e. The Morgan fingerprint density at radius 1 is 1.38 bits per heavy atom. The average molecular weight is 223 g/mol. The molecule has 1 aliphatic rings. The number of nitrogens with zero attached hydrogens (tertiary/aromatic N) is 3. The van der Waals surface area contributed by atoms with Gasteiger partial charge < -0.3 is 9.80 Å². The zero-order chi connectivity index (χ0) is 11.5. The number of carbonyl (C=O) groups excluding carboxylic acids is 1. The van der Waals surface area contributed by atoms with Crippen molar-refractivity contribution in [1.29, 1.82) is 0 Å². The minimum atomic E-state index is -0.550. The van der Waals surface area contributed by atoms with Gasteiger partial charge in [-0.25, -0.2) is 9.37 Å². The van der Waals surface area contributed by atoms with Gasteiger partial charge in [0.25, 0.3) is 5.91 Å². The third-order valence-electron chi connectivity index (χ3n) is 2.75. The van der Waals surface area contributed by atoms with E-state index in [-0.39, 0.29) is 11.6 Å². The van der Waals surface area contributed by atoms with Crippen molar-refractivity contribution in [3.8, 4) is 0 Å². The van der Waals surface area contributed by atoms with Gasteiger partial charge in [-0.15, -0.1) is 0 Å². The van der Waals surface area contributed by atoms with Gasteiger partial charge in [-0.3, -0.25) is 4.79 Å². The van der Waals surface area contributed by atoms with Crippen molar-refractivity contribution in [3.05, 3.63) is 29.8 Å². The van der Waals surface area contributed by atoms with E-state index in [2.05, 4.69) is 9.88 Å². The minimum absolute atomic E-state index is 0.0768. The molecule has 2 rings (SSSR count). The summed E-state index contributed by atoms with van der Waals surface area (Å²) in [7, 11) is 2.00. The maximum Gasteiger partial charge on any atom is 0.275 e. The van der Waals surface area contributed by atoms with Crippen molar-refractivity contribution in [2.45, 2.75) is 0 Å². The molecule has 5 heteroatoms. The highest BCUT2D eigenvalue weighted by Crippen LogP contribution is 2.09. The summed E-state index contributed by atoms with van der Waals surface area (Å²) >= 11 is 0. The average Bonchev–Trinajstić information content (AvgIpc) is 2.30. The maximum absolute atomic E-state index is 13.4. The lowest BCUT2D eigenvalue weighted by Gasteiger charge is -2.32. The van der Waals surface area contributed by atoms with Crippen LogP contribution in [0.25, 0.3) is 0 Å². The first-order chi connectivity index (χ1) is 7.68. The van der Waals surface area contributed by atoms with E-state index in [1.807, 2.05) is 7.05 Å². The van der Waals surface area contributed by atoms with Gasteiger partial charge in [0.15, 0.2) is 11.5 Å². The third-order valence-corrected chi connectivity index (χ3v) is 2.75. The molecule has 0 bridgehead atoms. The second-order valence-corrected chi connectivity index (χ2v) is 3.93. The van der Waals surface area contributed by atoms with Crippen molar-refractivity contribution in [2.24, 2.45) is 0 Å². The molecular weight excluding hydrogens is 209 g/mol. The van der Waals surface area contributed by atoms with Crippen LogP contribution in [0, 0.1) is 5.82 Å². The van der Waals surface area contributed by atoms with Crippen molar-refractivity contribution in [1.82, 2.24) is 14.8 Å². The molecule has 0 radical (unpaired) electrons. The summed E-state index contributed by atoms with van der Waals surface area (Å²) < 4.78 is 13.4. The van der Waals surface area contributed by atoms with Crippen LogP contribution in [0.3, 0.4) is 0 Å². The van der Waals surface area contributed by atoms with Crippen LogP contribution in [-0.4, -0.2) is 53.9 Å². The lowest BCUT2D eigenvalue weighted by Crippen LogP contribution is -2.47. The summed E-state index contributed by atoms with van der Waals surface area (Å²) in [5, 5.41) is 0. The van der Waals surface area contributed by atoms with E-state index in [1.54, 1.807) is 4.90 Å². The molecule has 1 fully saturated rings. The molecule has 0 spiro atoms. The molecule has 1 aliphatic heterocycles. The number of carbonyl (C=O) groups is 1. The van der Waals surface area contributed by atoms with E-state index in [1.165, 1.54) is 18.3 Å². The van der Waals surface area contributed by atoms with Crippen LogP contribution in [0.2, 0.25) is 0 Å². The zero-order valence-corrected chi connectivity index (χ0v) is 9.19. The Balaban J connectivity index is 2.11. The van der Waals surface area contributed by atoms with Crippen LogP contribution in [0.4, 0.5) is 4.39 Å². The van der Waals surface area contributed by atoms with E-state index in [0.29, 0.717) is 13.1 Å². The first-order valence-electron chi connectivity index (χ1n) is 5.27. The fourth-order valence-corrected chi connectivity index (χ4v) is 1.70. The monoisotopic (exact) mass is 223 g/mol. The van der Waals surface area contributed by atoms with Crippen molar-refractivity contribution >= 4 is 5.91 Å². The Hall–Kier alpha value is -1.49. The lowest BCUT2D eigenvalue weighted by atomic mass is 10.2. The fraction of sp³-hybridized carbons (Fsp3) is 0.455. The number of likely N-dealkylation sites (N-methyl/N-ethyl adjacent to an activating group) is 1. The predicted octanol–water partition coefficient (Wildman–Crippen LogP) is 0.608. The van der Waals surface area contributed by atoms with Crippen LogP contribution in [-0.2, 0) is 0 Å². The van der Waals surface area contributed by atoms with E-state index >= 15 is 0 Å². The summed E-state index contributed by atoms with van der Waals surface area (Å²) in [6.45, 7) is 2.90. The van der Waals surface area contributed by atoms with Crippen molar-refractivity contribution in [2.75, 3.05) is 33.2 Å². The molecule has 0 atom stereocenters. The first kappa shape index (κ1) is 11.0. The van der Waals surface area contributed by atoms with E-state index in [4.69, 9.17) is 0 Å². The van der Waals surface area contributed by atoms with Crippen molar-refractivity contribution in [3.63, 3.8) is 0 Å². The highest BCUT2D eigenvalue weighted by Gasteiger charge is 2.23. The SMILES string of the molecule is CN1CCN(C(=O)c2ncccc2F)CC1. The fourth-order valence-electron chi connectivity index (χ4n) is 1.70. The normalized spacial score (nSPS) is 17.5. The van der Waals surface area contributed by atoms with E-state index in [9.17, 15) is 9.18 Å². The zero-order valence-electron chi connectivity index (χ0n) is 9.19. The van der Waals surface area contributed by atoms with Crippen LogP contribution < -0.4 is 0 Å². The van der Waals surface area contributed by atoms with Gasteiger partial charge in [0.05, 0.1) is 0 Å². The Kier molecular flexibility index (Phi) is 3.14. The Morgan fingerprint density at radius 3 is 2.69 bits per heavy atom. The van der Waals surface area contributed by atoms with E-state index in [0.717, 1.165) is 13.1 Å². The number of aromatic nitrogens is 1. The van der Waals surface area contributed by atoms with Gasteiger partial charge in [0.1, 0.15) is 0 Å². The molecule has 16 heavy (non-hydrogen) atoms. The predicted molar refractivity (Wildman–Crippen MR) is 57.6 cm³/mol. The Bertz CT molecular complexity index is 389. The number of hydrogen-bond acceptors (Lipinski definition) is 3. The van der Waals surface area contributed by atoms with Crippen LogP contribution in [0.5, 0.6) is 0 Å². The molecule has 0 aromatic carbocycles. The number of pyridine rings is 1. The molecule has 4 nitrogen and oxygen atoms in total. The van der Waals surface area contributed by atoms with Crippen molar-refractivity contribution < 1.29 is 9.18 Å². The summed E-state index contributed by atoms with van der Waals surface area (Å²) in [5.74, 6) is -0.863. The number of hydrogen-bond donors (Lipinski definition) is 0. The standard InChI is InChI=1S/C11H14FN3O/c1-14-5-7-15(8-6-14)11(16)10-9(12)3-2-4-13-10/h2-4H,5-8H2,1H3. The molecule has 0 aliphatic carbocycles. The molecule has 0 unspecified atom stereocenters. The molecule has 0 saturated carbocycles. The molecular formula is C11H14FN3O. The van der Waals surface area contributed by atoms with Gasteiger partial charge >= 0.3 is 0 Å². The van der Waals surface area contributed by atoms with Gasteiger partial charge in [-0.2, -0.15) is 0 Å². The summed E-state index contributed by atoms with van der Waals surface area (Å²) in [6.07, 6.45) is 1.44. The number of rotatable bonds is 1. The van der Waals surface area contributed by atoms with Crippen LogP contribution in [0.1, 0.15) is 10.5 Å². The van der Waals surface area contributed by atoms with E-state index < -0.39 is 5.82 Å². The summed E-state index contributed by atoms with van der Waals surface area (Å²) in [5.41, 5.74) is -0.0768. The van der Waals surface area contributed by atoms with Crippen LogP contribution in [0.15, 0.2) is 18.3 Å². The molecule has 1 aromatic heterocycles. The second kappa shape index (κ2) is 4.57. The second-order valence-electron chi connectivity index (χ2n) is 3.93. The van der Waals surface area contributed by atoms with Crippen LogP contribution >= 0.6 is 0 Å². The molecule has 2 heterocycles. The van der Waals surface area contributed by atoms with Gasteiger partial charge in [0.2, 0.25) is 0 Å². The highest BCUT2D eigenvalue weighted by atomic mass is 19.1. The summed E-state index contributed by atoms with van der Waals surface area (Å²) in [6, 6.07) is 2.74. The molecule has 86 valence electrons. The maximum atomic E-state index is 13.4. The smallest absolute Gasteiger partial charge is 0.275 e. The largest absolute Gasteiger partial charge is 0.335 e. The lowest BCUT2D eigenvalue weighted by molar-refractivity contribution is 0.0653. The molecule has 0 N–H and O–H groups in total. The quantitative estimate of drug-likeness (QED) is 0.700. The van der Waals surface area contributed by atoms with Gasteiger partial charge in [-0.05, 0) is 19.2 Å². The summed E-state index contributed by atoms with van der Waals surface area (Å²) in [4.78, 5) is 19.5. The Morgan fingerprint density at radius 2 is 2.06 bits per heavy atom. The molecule has 1 aromatic rings. The number of amides is 1. The number of halogens is 1. The van der Waals surface area contributed by atoms with Gasteiger partial charge in [0, 0.05) is 32.4 Å². The third kappa shape index (κ3) is 2.19. The molecule has 1 amide bonds. The molecule has 1 saturated heterocycles. The first-order valence-corrected chi connectivity index (χ1v) is 5.27. The topological polar surface area (TPSA) is 36.4 Å². The number of piperazine rings is 1.